The van der Waals surface area contributed by atoms with Crippen LogP contribution in [0, 0.1) is 5.41 Å². The standard InChI is InChI=1S/C16H17N3O2/c17-13-7-3-1-5-11(13)9-10-15(20)21-14-8-4-2-6-12(14)16(18)19/h1-8H,9-10,17H2,(H3,18,19). The van der Waals surface area contributed by atoms with Gasteiger partial charge in [0.25, 0.3) is 0 Å². The first-order valence-electron chi connectivity index (χ1n) is 6.55. The number of amidine groups is 1. The maximum absolute atomic E-state index is 11.9. The summed E-state index contributed by atoms with van der Waals surface area (Å²) in [6.07, 6.45) is 0.716. The van der Waals surface area contributed by atoms with Crippen LogP contribution in [-0.4, -0.2) is 11.8 Å². The van der Waals surface area contributed by atoms with Gasteiger partial charge in [0, 0.05) is 5.69 Å². The van der Waals surface area contributed by atoms with Crippen LogP contribution in [0.15, 0.2) is 48.5 Å². The summed E-state index contributed by atoms with van der Waals surface area (Å²) in [5, 5.41) is 7.46. The monoisotopic (exact) mass is 283 g/mol. The number of benzene rings is 2. The Labute approximate surface area is 123 Å². The second-order valence-electron chi connectivity index (χ2n) is 4.58. The van der Waals surface area contributed by atoms with Crippen LogP contribution < -0.4 is 16.2 Å². The molecule has 5 N–H and O–H groups in total. The number of esters is 1. The van der Waals surface area contributed by atoms with Crippen molar-refractivity contribution in [2.45, 2.75) is 12.8 Å². The molecule has 0 spiro atoms. The third-order valence-electron chi connectivity index (χ3n) is 3.05. The molecular weight excluding hydrogens is 266 g/mol. The summed E-state index contributed by atoms with van der Waals surface area (Å²) in [6, 6.07) is 14.1. The van der Waals surface area contributed by atoms with Crippen molar-refractivity contribution >= 4 is 17.5 Å². The molecule has 108 valence electrons. The van der Waals surface area contributed by atoms with Crippen LogP contribution >= 0.6 is 0 Å². The number of rotatable bonds is 5. The van der Waals surface area contributed by atoms with Gasteiger partial charge in [-0.3, -0.25) is 10.2 Å². The molecule has 0 heterocycles. The van der Waals surface area contributed by atoms with Gasteiger partial charge in [0.15, 0.2) is 0 Å². The van der Waals surface area contributed by atoms with Crippen molar-refractivity contribution in [2.24, 2.45) is 5.73 Å². The summed E-state index contributed by atoms with van der Waals surface area (Å²) in [4.78, 5) is 11.9. The largest absolute Gasteiger partial charge is 0.426 e. The zero-order valence-electron chi connectivity index (χ0n) is 11.5. The van der Waals surface area contributed by atoms with E-state index in [2.05, 4.69) is 0 Å². The molecule has 0 unspecified atom stereocenters. The second kappa shape index (κ2) is 6.56. The van der Waals surface area contributed by atoms with Gasteiger partial charge in [0.05, 0.1) is 12.0 Å². The minimum absolute atomic E-state index is 0.134. The summed E-state index contributed by atoms with van der Waals surface area (Å²) >= 11 is 0. The van der Waals surface area contributed by atoms with Gasteiger partial charge in [0.2, 0.25) is 0 Å². The van der Waals surface area contributed by atoms with Crippen LogP contribution in [-0.2, 0) is 11.2 Å². The van der Waals surface area contributed by atoms with Crippen LogP contribution in [0.2, 0.25) is 0 Å². The number of ether oxygens (including phenoxy) is 1. The number of para-hydroxylation sites is 2. The first-order valence-corrected chi connectivity index (χ1v) is 6.55. The molecule has 5 heteroatoms. The first kappa shape index (κ1) is 14.6. The van der Waals surface area contributed by atoms with Crippen molar-refractivity contribution in [2.75, 3.05) is 5.73 Å². The summed E-state index contributed by atoms with van der Waals surface area (Å²) in [7, 11) is 0. The van der Waals surface area contributed by atoms with E-state index in [1.54, 1.807) is 30.3 Å². The summed E-state index contributed by atoms with van der Waals surface area (Å²) in [5.74, 6) is -0.214. The van der Waals surface area contributed by atoms with Crippen LogP contribution in [0.5, 0.6) is 5.75 Å². The van der Waals surface area contributed by atoms with Gasteiger partial charge in [-0.1, -0.05) is 30.3 Å². The predicted molar refractivity (Wildman–Crippen MR) is 82.3 cm³/mol. The van der Waals surface area contributed by atoms with Gasteiger partial charge in [-0.25, -0.2) is 0 Å². The average Bonchev–Trinajstić information content (AvgIpc) is 2.47. The number of carbonyl (C=O) groups is 1. The molecule has 21 heavy (non-hydrogen) atoms. The third-order valence-corrected chi connectivity index (χ3v) is 3.05. The van der Waals surface area contributed by atoms with Crippen molar-refractivity contribution < 1.29 is 9.53 Å². The molecule has 0 saturated heterocycles. The molecule has 2 aromatic carbocycles. The van der Waals surface area contributed by atoms with Crippen LogP contribution in [0.4, 0.5) is 5.69 Å². The molecule has 0 bridgehead atoms. The molecule has 2 rings (SSSR count). The van der Waals surface area contributed by atoms with Crippen LogP contribution in [0.1, 0.15) is 17.5 Å². The van der Waals surface area contributed by atoms with Gasteiger partial charge in [-0.15, -0.1) is 0 Å². The lowest BCUT2D eigenvalue weighted by Gasteiger charge is -2.09. The highest BCUT2D eigenvalue weighted by Gasteiger charge is 2.11. The Kier molecular flexibility index (Phi) is 4.56. The number of hydrogen-bond donors (Lipinski definition) is 3. The number of carbonyl (C=O) groups excluding carboxylic acids is 1. The predicted octanol–water partition coefficient (Wildman–Crippen LogP) is 2.09. The Morgan fingerprint density at radius 1 is 1.10 bits per heavy atom. The highest BCUT2D eigenvalue weighted by molar-refractivity contribution is 5.98. The summed E-state index contributed by atoms with van der Waals surface area (Å²) in [6.45, 7) is 0. The molecule has 0 atom stereocenters. The fraction of sp³-hybridized carbons (Fsp3) is 0.125. The van der Waals surface area contributed by atoms with Crippen LogP contribution in [0.3, 0.4) is 0 Å². The maximum atomic E-state index is 11.9. The Hall–Kier alpha value is -2.82. The number of aryl methyl sites for hydroxylation is 1. The zero-order valence-corrected chi connectivity index (χ0v) is 11.5. The van der Waals surface area contributed by atoms with Gasteiger partial charge in [-0.2, -0.15) is 0 Å². The quantitative estimate of drug-likeness (QED) is 0.257. The lowest BCUT2D eigenvalue weighted by atomic mass is 10.1. The van der Waals surface area contributed by atoms with E-state index in [0.29, 0.717) is 23.4 Å². The van der Waals surface area contributed by atoms with Crippen molar-refractivity contribution in [3.63, 3.8) is 0 Å². The first-order chi connectivity index (χ1) is 10.1. The molecule has 0 fully saturated rings. The maximum Gasteiger partial charge on any atom is 0.311 e. The molecule has 0 aromatic heterocycles. The lowest BCUT2D eigenvalue weighted by molar-refractivity contribution is -0.134. The third kappa shape index (κ3) is 3.82. The molecule has 0 aliphatic heterocycles. The Bertz CT molecular complexity index is 668. The van der Waals surface area contributed by atoms with Crippen LogP contribution in [0.25, 0.3) is 0 Å². The van der Waals surface area contributed by atoms with E-state index in [9.17, 15) is 4.79 Å². The summed E-state index contributed by atoms with van der Waals surface area (Å²) in [5.41, 5.74) is 13.3. The van der Waals surface area contributed by atoms with E-state index >= 15 is 0 Å². The van der Waals surface area contributed by atoms with E-state index in [-0.39, 0.29) is 18.2 Å². The topological polar surface area (TPSA) is 102 Å². The van der Waals surface area contributed by atoms with Gasteiger partial charge in [-0.05, 0) is 30.2 Å². The molecule has 2 aromatic rings. The Morgan fingerprint density at radius 2 is 1.76 bits per heavy atom. The number of hydrogen-bond acceptors (Lipinski definition) is 4. The number of nitrogen functional groups attached to an aromatic ring is 2. The molecular formula is C16H17N3O2. The normalized spacial score (nSPS) is 10.1. The van der Waals surface area contributed by atoms with E-state index in [1.807, 2.05) is 18.2 Å². The minimum Gasteiger partial charge on any atom is -0.426 e. The zero-order chi connectivity index (χ0) is 15.2. The Balaban J connectivity index is 2.00. The van der Waals surface area contributed by atoms with E-state index in [4.69, 9.17) is 21.6 Å². The number of nitrogens with one attached hydrogen (secondary N) is 1. The van der Waals surface area contributed by atoms with Gasteiger partial charge < -0.3 is 16.2 Å². The van der Waals surface area contributed by atoms with Crippen molar-refractivity contribution in [3.8, 4) is 5.75 Å². The minimum atomic E-state index is -0.382. The lowest BCUT2D eigenvalue weighted by Crippen LogP contribution is -2.16. The highest BCUT2D eigenvalue weighted by atomic mass is 16.5. The molecule has 0 saturated carbocycles. The van der Waals surface area contributed by atoms with E-state index in [0.717, 1.165) is 5.56 Å². The molecule has 0 aliphatic rings. The molecule has 0 radical (unpaired) electrons. The summed E-state index contributed by atoms with van der Waals surface area (Å²) < 4.78 is 5.27. The van der Waals surface area contributed by atoms with E-state index in [1.165, 1.54) is 0 Å². The highest BCUT2D eigenvalue weighted by Crippen LogP contribution is 2.19. The smallest absolute Gasteiger partial charge is 0.311 e. The van der Waals surface area contributed by atoms with Gasteiger partial charge in [0.1, 0.15) is 11.6 Å². The van der Waals surface area contributed by atoms with E-state index < -0.39 is 0 Å². The van der Waals surface area contributed by atoms with Gasteiger partial charge >= 0.3 is 5.97 Å². The number of nitrogens with two attached hydrogens (primary N) is 2. The van der Waals surface area contributed by atoms with Crippen molar-refractivity contribution in [3.05, 3.63) is 59.7 Å². The fourth-order valence-electron chi connectivity index (χ4n) is 1.95. The molecule has 5 nitrogen and oxygen atoms in total. The average molecular weight is 283 g/mol. The van der Waals surface area contributed by atoms with Crippen molar-refractivity contribution in [1.29, 1.82) is 5.41 Å². The Morgan fingerprint density at radius 3 is 2.48 bits per heavy atom. The number of anilines is 1. The second-order valence-corrected chi connectivity index (χ2v) is 4.58. The van der Waals surface area contributed by atoms with Crippen molar-refractivity contribution in [1.82, 2.24) is 0 Å². The SMILES string of the molecule is N=C(N)c1ccccc1OC(=O)CCc1ccccc1N. The fourth-order valence-corrected chi connectivity index (χ4v) is 1.95. The molecule has 0 aliphatic carbocycles. The molecule has 0 amide bonds.